The third-order valence-corrected chi connectivity index (χ3v) is 3.06. The summed E-state index contributed by atoms with van der Waals surface area (Å²) in [7, 11) is 0. The third-order valence-electron chi connectivity index (χ3n) is 3.06. The van der Waals surface area contributed by atoms with Crippen molar-refractivity contribution in [3.63, 3.8) is 0 Å². The lowest BCUT2D eigenvalue weighted by Crippen LogP contribution is -2.42. The maximum atomic E-state index is 12.7. The molecule has 0 aliphatic heterocycles. The number of hydrogen-bond acceptors (Lipinski definition) is 2. The van der Waals surface area contributed by atoms with E-state index in [1.54, 1.807) is 0 Å². The number of halogens is 3. The van der Waals surface area contributed by atoms with Gasteiger partial charge in [0, 0.05) is 12.5 Å². The van der Waals surface area contributed by atoms with Gasteiger partial charge in [0.25, 0.3) is 0 Å². The Morgan fingerprint density at radius 2 is 2.00 bits per heavy atom. The molecule has 17 heavy (non-hydrogen) atoms. The molecule has 96 valence electrons. The van der Waals surface area contributed by atoms with Crippen molar-refractivity contribution in [3.05, 3.63) is 0 Å². The van der Waals surface area contributed by atoms with Crippen molar-refractivity contribution in [1.29, 1.82) is 5.26 Å². The predicted octanol–water partition coefficient (Wildman–Crippen LogP) is 2.38. The minimum absolute atomic E-state index is 0.0276. The Kier molecular flexibility index (Phi) is 4.79. The zero-order chi connectivity index (χ0) is 12.9. The minimum Gasteiger partial charge on any atom is -0.355 e. The topological polar surface area (TPSA) is 52.9 Å². The van der Waals surface area contributed by atoms with Crippen molar-refractivity contribution in [2.75, 3.05) is 6.54 Å². The van der Waals surface area contributed by atoms with Gasteiger partial charge in [-0.3, -0.25) is 4.79 Å². The van der Waals surface area contributed by atoms with E-state index in [1.165, 1.54) is 0 Å². The van der Waals surface area contributed by atoms with Gasteiger partial charge in [-0.2, -0.15) is 18.4 Å². The first-order chi connectivity index (χ1) is 7.96. The summed E-state index contributed by atoms with van der Waals surface area (Å²) in [4.78, 5) is 11.6. The van der Waals surface area contributed by atoms with Gasteiger partial charge in [0.15, 0.2) is 0 Å². The Morgan fingerprint density at radius 1 is 1.35 bits per heavy atom. The average molecular weight is 248 g/mol. The molecule has 0 aromatic heterocycles. The Morgan fingerprint density at radius 3 is 2.59 bits per heavy atom. The Bertz CT molecular complexity index is 309. The molecular weight excluding hydrogens is 233 g/mol. The Hall–Kier alpha value is -1.25. The summed E-state index contributed by atoms with van der Waals surface area (Å²) in [6.07, 6.45) is -2.70. The van der Waals surface area contributed by atoms with Crippen molar-refractivity contribution < 1.29 is 18.0 Å². The van der Waals surface area contributed by atoms with Crippen LogP contribution < -0.4 is 5.32 Å². The van der Waals surface area contributed by atoms with Gasteiger partial charge in [0.05, 0.1) is 18.4 Å². The van der Waals surface area contributed by atoms with Crippen molar-refractivity contribution >= 4 is 5.91 Å². The molecule has 2 unspecified atom stereocenters. The van der Waals surface area contributed by atoms with E-state index in [2.05, 4.69) is 5.32 Å². The molecule has 0 aromatic carbocycles. The first kappa shape index (κ1) is 13.8. The van der Waals surface area contributed by atoms with E-state index in [0.29, 0.717) is 12.8 Å². The van der Waals surface area contributed by atoms with Gasteiger partial charge in [-0.1, -0.05) is 12.8 Å². The van der Waals surface area contributed by atoms with Gasteiger partial charge >= 0.3 is 6.18 Å². The van der Waals surface area contributed by atoms with E-state index in [-0.39, 0.29) is 25.8 Å². The molecule has 1 aliphatic rings. The molecule has 1 rings (SSSR count). The largest absolute Gasteiger partial charge is 0.392 e. The number of hydrogen-bond donors (Lipinski definition) is 1. The van der Waals surface area contributed by atoms with Gasteiger partial charge in [0.1, 0.15) is 0 Å². The second-order valence-electron chi connectivity index (χ2n) is 4.24. The highest BCUT2D eigenvalue weighted by Gasteiger charge is 2.47. The van der Waals surface area contributed by atoms with Crippen LogP contribution in [0.4, 0.5) is 13.2 Å². The van der Waals surface area contributed by atoms with Gasteiger partial charge < -0.3 is 5.32 Å². The lowest BCUT2D eigenvalue weighted by Gasteiger charge is -2.31. The fraction of sp³-hybridized carbons (Fsp3) is 0.818. The molecule has 1 fully saturated rings. The molecule has 1 aliphatic carbocycles. The van der Waals surface area contributed by atoms with Crippen molar-refractivity contribution in [3.8, 4) is 6.07 Å². The van der Waals surface area contributed by atoms with Gasteiger partial charge in [0.2, 0.25) is 5.91 Å². The van der Waals surface area contributed by atoms with Crippen molar-refractivity contribution in [2.45, 2.75) is 38.3 Å². The minimum atomic E-state index is -4.31. The Balaban J connectivity index is 2.59. The molecule has 6 heteroatoms. The number of nitriles is 1. The summed E-state index contributed by atoms with van der Waals surface area (Å²) < 4.78 is 38.1. The maximum Gasteiger partial charge on any atom is 0.392 e. The molecule has 2 atom stereocenters. The lowest BCUT2D eigenvalue weighted by molar-refractivity contribution is -0.198. The zero-order valence-electron chi connectivity index (χ0n) is 9.39. The highest BCUT2D eigenvalue weighted by Crippen LogP contribution is 2.41. The Labute approximate surface area is 98.0 Å². The molecule has 0 heterocycles. The van der Waals surface area contributed by atoms with Crippen LogP contribution in [0.5, 0.6) is 0 Å². The van der Waals surface area contributed by atoms with Crippen molar-refractivity contribution in [2.24, 2.45) is 11.8 Å². The number of nitrogens with zero attached hydrogens (tertiary/aromatic N) is 1. The van der Waals surface area contributed by atoms with E-state index in [0.717, 1.165) is 0 Å². The molecule has 0 bridgehead atoms. The molecule has 1 amide bonds. The first-order valence-corrected chi connectivity index (χ1v) is 5.68. The average Bonchev–Trinajstić information content (AvgIpc) is 2.28. The number of carbonyl (C=O) groups excluding carboxylic acids is 1. The van der Waals surface area contributed by atoms with Gasteiger partial charge in [-0.15, -0.1) is 0 Å². The molecule has 0 radical (unpaired) electrons. The summed E-state index contributed by atoms with van der Waals surface area (Å²) in [6, 6.07) is 1.83. The van der Waals surface area contributed by atoms with Gasteiger partial charge in [-0.05, 0) is 12.8 Å². The number of nitrogens with one attached hydrogen (secondary N) is 1. The summed E-state index contributed by atoms with van der Waals surface area (Å²) in [6.45, 7) is 0.121. The van der Waals surface area contributed by atoms with Crippen LogP contribution in [0.15, 0.2) is 0 Å². The molecule has 0 spiro atoms. The van der Waals surface area contributed by atoms with Crippen LogP contribution >= 0.6 is 0 Å². The highest BCUT2D eigenvalue weighted by molar-refractivity contribution is 5.79. The lowest BCUT2D eigenvalue weighted by atomic mass is 9.78. The van der Waals surface area contributed by atoms with Crippen molar-refractivity contribution in [1.82, 2.24) is 5.32 Å². The predicted molar refractivity (Wildman–Crippen MR) is 54.7 cm³/mol. The van der Waals surface area contributed by atoms with E-state index < -0.39 is 23.9 Å². The second-order valence-corrected chi connectivity index (χ2v) is 4.24. The molecule has 0 aromatic rings. The third kappa shape index (κ3) is 3.91. The fourth-order valence-corrected chi connectivity index (χ4v) is 2.21. The number of alkyl halides is 3. The van der Waals surface area contributed by atoms with Crippen LogP contribution in [-0.2, 0) is 4.79 Å². The molecule has 1 N–H and O–H groups in total. The summed E-state index contributed by atoms with van der Waals surface area (Å²) >= 11 is 0. The van der Waals surface area contributed by atoms with E-state index in [9.17, 15) is 18.0 Å². The quantitative estimate of drug-likeness (QED) is 0.779. The van der Waals surface area contributed by atoms with E-state index in [4.69, 9.17) is 5.26 Å². The maximum absolute atomic E-state index is 12.7. The molecule has 0 saturated heterocycles. The van der Waals surface area contributed by atoms with Crippen LogP contribution in [0.2, 0.25) is 0 Å². The number of carbonyl (C=O) groups is 1. The summed E-state index contributed by atoms with van der Waals surface area (Å²) in [5.74, 6) is -3.08. The molecular formula is C11H15F3N2O. The summed E-state index contributed by atoms with van der Waals surface area (Å²) in [5, 5.41) is 10.7. The van der Waals surface area contributed by atoms with Crippen LogP contribution in [0.25, 0.3) is 0 Å². The van der Waals surface area contributed by atoms with Crippen LogP contribution in [-0.4, -0.2) is 18.6 Å². The smallest absolute Gasteiger partial charge is 0.355 e. The molecule has 1 saturated carbocycles. The van der Waals surface area contributed by atoms with Gasteiger partial charge in [-0.25, -0.2) is 0 Å². The first-order valence-electron chi connectivity index (χ1n) is 5.68. The standard InChI is InChI=1S/C11H15F3N2O/c12-11(13,14)9-5-2-1-4-8(9)10(17)16-7-3-6-15/h8-9H,1-5,7H2,(H,16,17). The molecule has 3 nitrogen and oxygen atoms in total. The number of rotatable bonds is 3. The second kappa shape index (κ2) is 5.89. The normalized spacial score (nSPS) is 25.1. The summed E-state index contributed by atoms with van der Waals surface area (Å²) in [5.41, 5.74) is 0. The zero-order valence-corrected chi connectivity index (χ0v) is 9.39. The fourth-order valence-electron chi connectivity index (χ4n) is 2.21. The van der Waals surface area contributed by atoms with E-state index in [1.807, 2.05) is 6.07 Å². The van der Waals surface area contributed by atoms with Crippen LogP contribution in [0.1, 0.15) is 32.1 Å². The SMILES string of the molecule is N#CCCNC(=O)C1CCCCC1C(F)(F)F. The number of amides is 1. The highest BCUT2D eigenvalue weighted by atomic mass is 19.4. The van der Waals surface area contributed by atoms with Crippen LogP contribution in [0, 0.1) is 23.2 Å². The monoisotopic (exact) mass is 248 g/mol. The van der Waals surface area contributed by atoms with Crippen LogP contribution in [0.3, 0.4) is 0 Å². The van der Waals surface area contributed by atoms with E-state index >= 15 is 0 Å².